The fraction of sp³-hybridized carbons (Fsp3) is 0.824. The van der Waals surface area contributed by atoms with Crippen LogP contribution in [-0.4, -0.2) is 52.7 Å². The highest BCUT2D eigenvalue weighted by Gasteiger charge is 2.94. The molecule has 0 bridgehead atoms. The number of aliphatic hydroxyl groups excluding tert-OH is 1. The van der Waals surface area contributed by atoms with Gasteiger partial charge in [0.15, 0.2) is 0 Å². The van der Waals surface area contributed by atoms with E-state index in [1.165, 1.54) is 14.0 Å². The fourth-order valence-corrected chi connectivity index (χ4v) is 6.57. The SMILES string of the molecule is COC(=O)[C@@H]1[C@]23CC(=O)O[C@@]2(C)CC[C@]3(O)[C@]2(C)[C@@H](O)OC(=O)[C@]12C. The molecule has 4 rings (SSSR count). The Kier molecular flexibility index (Phi) is 2.80. The van der Waals surface area contributed by atoms with Crippen LogP contribution in [-0.2, 0) is 28.6 Å². The Balaban J connectivity index is 2.10. The van der Waals surface area contributed by atoms with E-state index in [1.807, 2.05) is 0 Å². The topological polar surface area (TPSA) is 119 Å². The third-order valence-corrected chi connectivity index (χ3v) is 7.99. The van der Waals surface area contributed by atoms with E-state index in [-0.39, 0.29) is 12.8 Å². The molecule has 0 unspecified atom stereocenters. The lowest BCUT2D eigenvalue weighted by atomic mass is 9.60. The number of fused-ring (bicyclic) bond motifs is 2. The second-order valence-electron chi connectivity index (χ2n) is 8.33. The zero-order chi connectivity index (χ0) is 18.6. The van der Waals surface area contributed by atoms with Crippen molar-refractivity contribution in [2.24, 2.45) is 22.2 Å². The second-order valence-corrected chi connectivity index (χ2v) is 8.33. The summed E-state index contributed by atoms with van der Waals surface area (Å²) in [5, 5.41) is 22.4. The Labute approximate surface area is 144 Å². The van der Waals surface area contributed by atoms with Crippen molar-refractivity contribution in [2.45, 2.75) is 57.5 Å². The molecule has 0 radical (unpaired) electrons. The highest BCUT2D eigenvalue weighted by molar-refractivity contribution is 5.92. The van der Waals surface area contributed by atoms with E-state index in [0.29, 0.717) is 6.42 Å². The maximum atomic E-state index is 12.8. The first-order chi connectivity index (χ1) is 11.5. The van der Waals surface area contributed by atoms with E-state index in [0.717, 1.165) is 0 Å². The van der Waals surface area contributed by atoms with E-state index >= 15 is 0 Å². The highest BCUT2D eigenvalue weighted by Crippen LogP contribution is 2.82. The van der Waals surface area contributed by atoms with E-state index in [9.17, 15) is 24.6 Å². The number of carbonyl (C=O) groups excluding carboxylic acids is 3. The van der Waals surface area contributed by atoms with Gasteiger partial charge >= 0.3 is 17.9 Å². The zero-order valence-corrected chi connectivity index (χ0v) is 14.6. The normalized spacial score (nSPS) is 56.1. The van der Waals surface area contributed by atoms with E-state index < -0.39 is 57.6 Å². The van der Waals surface area contributed by atoms with Gasteiger partial charge in [0.2, 0.25) is 6.29 Å². The first-order valence-electron chi connectivity index (χ1n) is 8.37. The van der Waals surface area contributed by atoms with Crippen molar-refractivity contribution >= 4 is 17.9 Å². The van der Waals surface area contributed by atoms with Crippen LogP contribution in [0, 0.1) is 22.2 Å². The Morgan fingerprint density at radius 3 is 2.48 bits per heavy atom. The van der Waals surface area contributed by atoms with Gasteiger partial charge in [0, 0.05) is 0 Å². The van der Waals surface area contributed by atoms with Gasteiger partial charge in [-0.3, -0.25) is 14.4 Å². The van der Waals surface area contributed by atoms with Crippen molar-refractivity contribution in [3.63, 3.8) is 0 Å². The fourth-order valence-electron chi connectivity index (χ4n) is 6.57. The summed E-state index contributed by atoms with van der Waals surface area (Å²) in [6.45, 7) is 4.72. The number of carbonyl (C=O) groups is 3. The Morgan fingerprint density at radius 1 is 1.24 bits per heavy atom. The van der Waals surface area contributed by atoms with Gasteiger partial charge in [-0.2, -0.15) is 0 Å². The summed E-state index contributed by atoms with van der Waals surface area (Å²) in [6, 6.07) is 0. The standard InChI is InChI=1S/C17H22O8/c1-13-5-6-17(22)15(3)12(21)24-11(20)14(15,2)9(10(19)23-4)16(13,17)7-8(18)25-13/h9,12,21-22H,5-7H2,1-4H3/t9-,12-,13-,14-,15+,16+,17-/m0/s1. The maximum absolute atomic E-state index is 12.8. The second kappa shape index (κ2) is 4.17. The van der Waals surface area contributed by atoms with Crippen LogP contribution in [0.5, 0.6) is 0 Å². The number of cyclic esters (lactones) is 1. The third kappa shape index (κ3) is 1.27. The Morgan fingerprint density at radius 2 is 1.88 bits per heavy atom. The van der Waals surface area contributed by atoms with Gasteiger partial charge in [-0.25, -0.2) is 0 Å². The average Bonchev–Trinajstić information content (AvgIpc) is 3.03. The van der Waals surface area contributed by atoms with Crippen molar-refractivity contribution in [2.75, 3.05) is 7.11 Å². The summed E-state index contributed by atoms with van der Waals surface area (Å²) in [7, 11) is 1.19. The van der Waals surface area contributed by atoms with Crippen LogP contribution in [0.2, 0.25) is 0 Å². The molecule has 1 spiro atoms. The van der Waals surface area contributed by atoms with Crippen LogP contribution >= 0.6 is 0 Å². The molecule has 8 nitrogen and oxygen atoms in total. The highest BCUT2D eigenvalue weighted by atomic mass is 16.6. The Bertz CT molecular complexity index is 719. The molecule has 2 heterocycles. The molecule has 0 amide bonds. The molecule has 2 saturated heterocycles. The number of ether oxygens (including phenoxy) is 3. The molecule has 25 heavy (non-hydrogen) atoms. The summed E-state index contributed by atoms with van der Waals surface area (Å²) in [5.74, 6) is -3.22. The summed E-state index contributed by atoms with van der Waals surface area (Å²) in [5.41, 5.74) is -7.24. The molecule has 2 saturated carbocycles. The minimum atomic E-state index is -1.71. The number of hydrogen-bond acceptors (Lipinski definition) is 8. The summed E-state index contributed by atoms with van der Waals surface area (Å²) in [4.78, 5) is 37.8. The lowest BCUT2D eigenvalue weighted by molar-refractivity contribution is -0.218. The number of hydrogen-bond donors (Lipinski definition) is 2. The van der Waals surface area contributed by atoms with Gasteiger partial charge in [0.25, 0.3) is 0 Å². The quantitative estimate of drug-likeness (QED) is 0.495. The van der Waals surface area contributed by atoms with Crippen LogP contribution in [0.25, 0.3) is 0 Å². The van der Waals surface area contributed by atoms with Crippen LogP contribution in [0.3, 0.4) is 0 Å². The minimum Gasteiger partial charge on any atom is -0.469 e. The van der Waals surface area contributed by atoms with Crippen LogP contribution in [0.15, 0.2) is 0 Å². The molecular weight excluding hydrogens is 332 g/mol. The van der Waals surface area contributed by atoms with Crippen molar-refractivity contribution in [1.29, 1.82) is 0 Å². The lowest BCUT2D eigenvalue weighted by Gasteiger charge is -2.46. The van der Waals surface area contributed by atoms with Gasteiger partial charge in [-0.15, -0.1) is 0 Å². The van der Waals surface area contributed by atoms with Crippen molar-refractivity contribution < 1.29 is 38.8 Å². The van der Waals surface area contributed by atoms with Crippen molar-refractivity contribution in [1.82, 2.24) is 0 Å². The summed E-state index contributed by atoms with van der Waals surface area (Å²) >= 11 is 0. The largest absolute Gasteiger partial charge is 0.469 e. The maximum Gasteiger partial charge on any atom is 0.315 e. The average molecular weight is 354 g/mol. The molecule has 2 aliphatic heterocycles. The predicted octanol–water partition coefficient (Wildman–Crippen LogP) is -0.106. The first kappa shape index (κ1) is 16.8. The molecule has 2 N–H and O–H groups in total. The minimum absolute atomic E-state index is 0.171. The third-order valence-electron chi connectivity index (χ3n) is 7.99. The molecule has 4 fully saturated rings. The number of esters is 3. The molecule has 8 heteroatoms. The summed E-state index contributed by atoms with van der Waals surface area (Å²) in [6.07, 6.45) is -1.33. The van der Waals surface area contributed by atoms with Crippen molar-refractivity contribution in [3.05, 3.63) is 0 Å². The van der Waals surface area contributed by atoms with Crippen LogP contribution in [0.1, 0.15) is 40.0 Å². The molecule has 4 aliphatic rings. The number of methoxy groups -OCH3 is 1. The smallest absolute Gasteiger partial charge is 0.315 e. The van der Waals surface area contributed by atoms with Crippen LogP contribution in [0.4, 0.5) is 0 Å². The molecule has 138 valence electrons. The van der Waals surface area contributed by atoms with Gasteiger partial charge in [0.05, 0.1) is 41.3 Å². The molecular formula is C17H22O8. The number of aliphatic hydroxyl groups is 2. The van der Waals surface area contributed by atoms with Gasteiger partial charge in [-0.05, 0) is 33.6 Å². The van der Waals surface area contributed by atoms with Crippen LogP contribution < -0.4 is 0 Å². The van der Waals surface area contributed by atoms with Gasteiger partial charge < -0.3 is 24.4 Å². The molecule has 0 aromatic carbocycles. The first-order valence-corrected chi connectivity index (χ1v) is 8.37. The van der Waals surface area contributed by atoms with E-state index in [4.69, 9.17) is 14.2 Å². The van der Waals surface area contributed by atoms with E-state index in [2.05, 4.69) is 0 Å². The molecule has 7 atom stereocenters. The lowest BCUT2D eigenvalue weighted by Crippen LogP contribution is -2.59. The zero-order valence-electron chi connectivity index (χ0n) is 14.6. The van der Waals surface area contributed by atoms with Gasteiger partial charge in [0.1, 0.15) is 5.60 Å². The van der Waals surface area contributed by atoms with Crippen molar-refractivity contribution in [3.8, 4) is 0 Å². The predicted molar refractivity (Wildman–Crippen MR) is 79.5 cm³/mol. The molecule has 0 aromatic heterocycles. The summed E-state index contributed by atoms with van der Waals surface area (Å²) < 4.78 is 15.6. The van der Waals surface area contributed by atoms with Gasteiger partial charge in [-0.1, -0.05) is 0 Å². The van der Waals surface area contributed by atoms with E-state index in [1.54, 1.807) is 13.8 Å². The molecule has 0 aromatic rings. The number of rotatable bonds is 1. The monoisotopic (exact) mass is 354 g/mol. The Hall–Kier alpha value is -1.67. The molecule has 2 aliphatic carbocycles.